The number of carbonyl (C=O) groups excluding carboxylic acids is 2. The van der Waals surface area contributed by atoms with Crippen molar-refractivity contribution in [3.8, 4) is 0 Å². The highest BCUT2D eigenvalue weighted by molar-refractivity contribution is 5.89. The molecule has 11 nitrogen and oxygen atoms in total. The zero-order chi connectivity index (χ0) is 28.1. The van der Waals surface area contributed by atoms with Gasteiger partial charge in [0.15, 0.2) is 0 Å². The molecule has 1 aromatic carbocycles. The fourth-order valence-electron chi connectivity index (χ4n) is 5.15. The summed E-state index contributed by atoms with van der Waals surface area (Å²) < 4.78 is 5.28. The van der Waals surface area contributed by atoms with E-state index in [4.69, 9.17) is 4.74 Å². The van der Waals surface area contributed by atoms with Crippen molar-refractivity contribution in [3.05, 3.63) is 46.0 Å². The van der Waals surface area contributed by atoms with Crippen LogP contribution in [0.3, 0.4) is 0 Å². The van der Waals surface area contributed by atoms with Crippen LogP contribution in [0, 0.1) is 23.0 Å². The number of fused-ring (bicyclic) bond motifs is 1. The van der Waals surface area contributed by atoms with E-state index in [1.165, 1.54) is 5.56 Å². The molecule has 0 bridgehead atoms. The largest absolute Gasteiger partial charge is 0.480 e. The molecule has 1 aromatic rings. The average molecular weight is 536 g/mol. The molecule has 11 heteroatoms. The lowest BCUT2D eigenvalue weighted by molar-refractivity contribution is -0.757. The minimum absolute atomic E-state index is 0.0358. The summed E-state index contributed by atoms with van der Waals surface area (Å²) in [6, 6.07) is 7.89. The van der Waals surface area contributed by atoms with Crippen LogP contribution >= 0.6 is 0 Å². The first-order valence-corrected chi connectivity index (χ1v) is 13.4. The molecule has 2 fully saturated rings. The minimum Gasteiger partial charge on any atom is -0.480 e. The maximum Gasteiger partial charge on any atom is 0.328 e. The second-order valence-electron chi connectivity index (χ2n) is 9.91. The Hall–Kier alpha value is -3.21. The molecule has 1 aliphatic heterocycles. The molecule has 5 atom stereocenters. The third kappa shape index (κ3) is 9.59. The van der Waals surface area contributed by atoms with E-state index >= 15 is 0 Å². The lowest BCUT2D eigenvalue weighted by atomic mass is 9.84. The first kappa shape index (κ1) is 31.0. The van der Waals surface area contributed by atoms with Crippen LogP contribution in [-0.2, 0) is 24.0 Å². The van der Waals surface area contributed by atoms with Gasteiger partial charge in [0.05, 0.1) is 19.3 Å². The second-order valence-corrected chi connectivity index (χ2v) is 9.91. The maximum absolute atomic E-state index is 13.3. The Balaban J connectivity index is 0.000000624. The normalized spacial score (nSPS) is 21.8. The number of likely N-dealkylation sites (tertiary alicyclic amines) is 1. The molecule has 2 aliphatic rings. The summed E-state index contributed by atoms with van der Waals surface area (Å²) >= 11 is 0. The average Bonchev–Trinajstić information content (AvgIpc) is 3.28. The van der Waals surface area contributed by atoms with Crippen LogP contribution in [-0.4, -0.2) is 70.3 Å². The standard InChI is InChI=1S/C20H33N3O8.C7H8/c1-3-7-15(19(25)26)21-13(2)18(24)22-16-9-5-4-8-14(16)12-17(22)20(27)30-10-6-11-31-23(28)29;1-7-5-3-2-4-6-7/h13-17,21H,3-12H2,1-2H3,(H,25,26);2-6H,1H3. The number of carboxylic acids is 1. The third-order valence-corrected chi connectivity index (χ3v) is 6.98. The fraction of sp³-hybridized carbons (Fsp3) is 0.667. The molecule has 0 aromatic heterocycles. The molecule has 1 saturated heterocycles. The van der Waals surface area contributed by atoms with Crippen molar-refractivity contribution in [1.29, 1.82) is 0 Å². The van der Waals surface area contributed by atoms with Crippen LogP contribution in [0.2, 0.25) is 0 Å². The molecular formula is C27H41N3O8. The predicted octanol–water partition coefficient (Wildman–Crippen LogP) is 3.51. The number of ether oxygens (including phenoxy) is 1. The summed E-state index contributed by atoms with van der Waals surface area (Å²) in [5, 5.41) is 21.6. The van der Waals surface area contributed by atoms with E-state index in [0.717, 1.165) is 25.7 Å². The molecular weight excluding hydrogens is 494 g/mol. The number of benzene rings is 1. The molecule has 1 saturated carbocycles. The molecule has 0 spiro atoms. The maximum atomic E-state index is 13.3. The van der Waals surface area contributed by atoms with Crippen LogP contribution in [0.4, 0.5) is 0 Å². The summed E-state index contributed by atoms with van der Waals surface area (Å²) in [7, 11) is 0. The Bertz CT molecular complexity index is 913. The van der Waals surface area contributed by atoms with Crippen molar-refractivity contribution in [2.45, 2.75) is 96.3 Å². The number of nitrogens with zero attached hydrogens (tertiary/aromatic N) is 2. The van der Waals surface area contributed by atoms with Crippen molar-refractivity contribution in [1.82, 2.24) is 10.2 Å². The minimum atomic E-state index is -1.01. The van der Waals surface area contributed by atoms with Crippen molar-refractivity contribution >= 4 is 17.8 Å². The first-order valence-electron chi connectivity index (χ1n) is 13.4. The van der Waals surface area contributed by atoms with E-state index in [1.807, 2.05) is 25.1 Å². The van der Waals surface area contributed by atoms with E-state index < -0.39 is 35.2 Å². The van der Waals surface area contributed by atoms with Gasteiger partial charge >= 0.3 is 11.9 Å². The number of esters is 1. The van der Waals surface area contributed by atoms with E-state index in [0.29, 0.717) is 19.3 Å². The number of carboxylic acid groups (broad SMARTS) is 1. The highest BCUT2D eigenvalue weighted by Crippen LogP contribution is 2.40. The topological polar surface area (TPSA) is 148 Å². The van der Waals surface area contributed by atoms with E-state index in [1.54, 1.807) is 11.8 Å². The van der Waals surface area contributed by atoms with E-state index in [9.17, 15) is 29.6 Å². The number of carbonyl (C=O) groups is 3. The summed E-state index contributed by atoms with van der Waals surface area (Å²) in [5.74, 6) is -1.62. The molecule has 1 heterocycles. The summed E-state index contributed by atoms with van der Waals surface area (Å²) in [5.41, 5.74) is 1.32. The van der Waals surface area contributed by atoms with Gasteiger partial charge in [-0.3, -0.25) is 14.9 Å². The predicted molar refractivity (Wildman–Crippen MR) is 140 cm³/mol. The molecule has 1 amide bonds. The van der Waals surface area contributed by atoms with Gasteiger partial charge in [-0.15, -0.1) is 10.1 Å². The van der Waals surface area contributed by atoms with Crippen molar-refractivity contribution in [3.63, 3.8) is 0 Å². The number of hydrogen-bond donors (Lipinski definition) is 2. The Labute approximate surface area is 224 Å². The van der Waals surface area contributed by atoms with Gasteiger partial charge < -0.3 is 19.6 Å². The van der Waals surface area contributed by atoms with Crippen molar-refractivity contribution < 1.29 is 34.2 Å². The summed E-state index contributed by atoms with van der Waals surface area (Å²) in [4.78, 5) is 53.5. The summed E-state index contributed by atoms with van der Waals surface area (Å²) in [6.07, 6.45) is 5.52. The van der Waals surface area contributed by atoms with Crippen molar-refractivity contribution in [2.24, 2.45) is 5.92 Å². The lowest BCUT2D eigenvalue weighted by Gasteiger charge is -2.35. The monoisotopic (exact) mass is 535 g/mol. The van der Waals surface area contributed by atoms with Gasteiger partial charge in [-0.05, 0) is 45.4 Å². The van der Waals surface area contributed by atoms with E-state index in [-0.39, 0.29) is 37.5 Å². The Kier molecular flexibility index (Phi) is 13.0. The molecule has 3 rings (SSSR count). The fourth-order valence-corrected chi connectivity index (χ4v) is 5.15. The highest BCUT2D eigenvalue weighted by Gasteiger charge is 2.49. The van der Waals surface area contributed by atoms with Crippen LogP contribution in [0.5, 0.6) is 0 Å². The van der Waals surface area contributed by atoms with Gasteiger partial charge in [0, 0.05) is 12.5 Å². The third-order valence-electron chi connectivity index (χ3n) is 6.98. The van der Waals surface area contributed by atoms with E-state index in [2.05, 4.69) is 29.2 Å². The number of rotatable bonds is 12. The Morgan fingerprint density at radius 3 is 2.45 bits per heavy atom. The van der Waals surface area contributed by atoms with Gasteiger partial charge in [-0.1, -0.05) is 62.1 Å². The smallest absolute Gasteiger partial charge is 0.328 e. The number of amides is 1. The van der Waals surface area contributed by atoms with Crippen LogP contribution in [0.15, 0.2) is 30.3 Å². The van der Waals surface area contributed by atoms with Crippen LogP contribution < -0.4 is 5.32 Å². The first-order chi connectivity index (χ1) is 18.1. The Morgan fingerprint density at radius 2 is 1.87 bits per heavy atom. The quantitative estimate of drug-likeness (QED) is 0.177. The Morgan fingerprint density at radius 1 is 1.18 bits per heavy atom. The van der Waals surface area contributed by atoms with Crippen molar-refractivity contribution in [2.75, 3.05) is 13.2 Å². The molecule has 38 heavy (non-hydrogen) atoms. The van der Waals surface area contributed by atoms with Crippen LogP contribution in [0.1, 0.15) is 70.8 Å². The van der Waals surface area contributed by atoms with Gasteiger partial charge in [0.25, 0.3) is 5.09 Å². The molecule has 2 N–H and O–H groups in total. The highest BCUT2D eigenvalue weighted by atomic mass is 16.9. The van der Waals surface area contributed by atoms with Gasteiger partial charge in [-0.25, -0.2) is 4.79 Å². The molecule has 1 aliphatic carbocycles. The zero-order valence-corrected chi connectivity index (χ0v) is 22.5. The number of nitrogens with one attached hydrogen (secondary N) is 1. The number of hydrogen-bond acceptors (Lipinski definition) is 8. The number of aryl methyl sites for hydroxylation is 1. The summed E-state index contributed by atoms with van der Waals surface area (Å²) in [6.45, 7) is 5.38. The second kappa shape index (κ2) is 15.9. The molecule has 5 unspecified atom stereocenters. The van der Waals surface area contributed by atoms with Gasteiger partial charge in [-0.2, -0.15) is 0 Å². The van der Waals surface area contributed by atoms with Gasteiger partial charge in [0.1, 0.15) is 12.1 Å². The van der Waals surface area contributed by atoms with Crippen LogP contribution in [0.25, 0.3) is 0 Å². The molecule has 0 radical (unpaired) electrons. The number of aliphatic carboxylic acids is 1. The SMILES string of the molecule is CCCC(NC(C)C(=O)N1C(C(=O)OCCCO[N+](=O)[O-])CC2CCCCC21)C(=O)O.Cc1ccccc1. The van der Waals surface area contributed by atoms with Gasteiger partial charge in [0.2, 0.25) is 5.91 Å². The zero-order valence-electron chi connectivity index (χ0n) is 22.5. The lowest BCUT2D eigenvalue weighted by Crippen LogP contribution is -2.55. The molecule has 212 valence electrons.